The zero-order valence-corrected chi connectivity index (χ0v) is 16.5. The first-order valence-corrected chi connectivity index (χ1v) is 10.6. The molecule has 6 heteroatoms. The van der Waals surface area contributed by atoms with Crippen LogP contribution in [0, 0.1) is 18.3 Å². The summed E-state index contributed by atoms with van der Waals surface area (Å²) in [7, 11) is 0. The van der Waals surface area contributed by atoms with Crippen LogP contribution in [0.2, 0.25) is 0 Å². The Morgan fingerprint density at radius 1 is 1.26 bits per heavy atom. The predicted molar refractivity (Wildman–Crippen MR) is 103 cm³/mol. The van der Waals surface area contributed by atoms with Crippen molar-refractivity contribution in [3.8, 4) is 0 Å². The first-order chi connectivity index (χ1) is 13.1. The molecule has 1 atom stereocenters. The van der Waals surface area contributed by atoms with Gasteiger partial charge < -0.3 is 14.4 Å². The van der Waals surface area contributed by atoms with Crippen LogP contribution in [0.3, 0.4) is 0 Å². The van der Waals surface area contributed by atoms with Crippen LogP contribution in [0.5, 0.6) is 0 Å². The second-order valence-electron chi connectivity index (χ2n) is 8.77. The third kappa shape index (κ3) is 3.76. The Balaban J connectivity index is 1.29. The van der Waals surface area contributed by atoms with Crippen molar-refractivity contribution >= 4 is 11.8 Å². The van der Waals surface area contributed by atoms with Gasteiger partial charge in [0.2, 0.25) is 11.8 Å². The van der Waals surface area contributed by atoms with Crippen LogP contribution in [0.1, 0.15) is 57.2 Å². The summed E-state index contributed by atoms with van der Waals surface area (Å²) >= 11 is 0. The second kappa shape index (κ2) is 7.64. The van der Waals surface area contributed by atoms with Gasteiger partial charge in [-0.1, -0.05) is 6.42 Å². The molecular weight excluding hydrogens is 340 g/mol. The number of hydrogen-bond acceptors (Lipinski definition) is 3. The van der Waals surface area contributed by atoms with E-state index in [1.807, 2.05) is 18.0 Å². The average Bonchev–Trinajstić information content (AvgIpc) is 3.22. The van der Waals surface area contributed by atoms with E-state index in [9.17, 15) is 9.59 Å². The number of nitrogens with zero attached hydrogens (tertiary/aromatic N) is 4. The third-order valence-corrected chi connectivity index (χ3v) is 6.95. The maximum atomic E-state index is 13.2. The SMILES string of the molecule is Cc1nccn1CCCC(=O)N1CC[C@]2(CCCN(CC3CCC3)C2=O)C1. The predicted octanol–water partition coefficient (Wildman–Crippen LogP) is 2.61. The maximum Gasteiger partial charge on any atom is 0.230 e. The Bertz CT molecular complexity index is 696. The van der Waals surface area contributed by atoms with Crippen molar-refractivity contribution in [1.29, 1.82) is 0 Å². The maximum absolute atomic E-state index is 13.2. The van der Waals surface area contributed by atoms with Gasteiger partial charge in [-0.2, -0.15) is 0 Å². The number of carbonyl (C=O) groups excluding carboxylic acids is 2. The van der Waals surface area contributed by atoms with Crippen molar-refractivity contribution in [3.05, 3.63) is 18.2 Å². The standard InChI is InChI=1S/C21H32N4O2/c1-17-22-10-14-23(17)11-3-7-19(26)25-13-9-21(16-25)8-4-12-24(20(21)27)15-18-5-2-6-18/h10,14,18H,2-9,11-13,15-16H2,1H3/t21-/m1/s1. The largest absolute Gasteiger partial charge is 0.342 e. The van der Waals surface area contributed by atoms with Gasteiger partial charge in [-0.25, -0.2) is 4.98 Å². The van der Waals surface area contributed by atoms with E-state index >= 15 is 0 Å². The summed E-state index contributed by atoms with van der Waals surface area (Å²) in [5.41, 5.74) is -0.293. The molecule has 27 heavy (non-hydrogen) atoms. The van der Waals surface area contributed by atoms with Crippen LogP contribution in [0.4, 0.5) is 0 Å². The highest BCUT2D eigenvalue weighted by molar-refractivity contribution is 5.86. The summed E-state index contributed by atoms with van der Waals surface area (Å²) in [6, 6.07) is 0. The minimum Gasteiger partial charge on any atom is -0.342 e. The van der Waals surface area contributed by atoms with Gasteiger partial charge in [-0.3, -0.25) is 9.59 Å². The molecule has 3 fully saturated rings. The van der Waals surface area contributed by atoms with E-state index in [1.54, 1.807) is 6.20 Å². The van der Waals surface area contributed by atoms with Crippen molar-refractivity contribution in [3.63, 3.8) is 0 Å². The van der Waals surface area contributed by atoms with E-state index < -0.39 is 0 Å². The average molecular weight is 373 g/mol. The van der Waals surface area contributed by atoms with Gasteiger partial charge in [0.25, 0.3) is 0 Å². The summed E-state index contributed by atoms with van der Waals surface area (Å²) in [4.78, 5) is 34.1. The van der Waals surface area contributed by atoms with Gasteiger partial charge >= 0.3 is 0 Å². The number of imidazole rings is 1. The third-order valence-electron chi connectivity index (χ3n) is 6.95. The van der Waals surface area contributed by atoms with Gasteiger partial charge in [0.15, 0.2) is 0 Å². The fraction of sp³-hybridized carbons (Fsp3) is 0.762. The number of amides is 2. The minimum atomic E-state index is -0.293. The van der Waals surface area contributed by atoms with Crippen molar-refractivity contribution in [1.82, 2.24) is 19.4 Å². The van der Waals surface area contributed by atoms with Crippen LogP contribution in [0.15, 0.2) is 12.4 Å². The van der Waals surface area contributed by atoms with Crippen LogP contribution < -0.4 is 0 Å². The van der Waals surface area contributed by atoms with Crippen molar-refractivity contribution < 1.29 is 9.59 Å². The highest BCUT2D eigenvalue weighted by Crippen LogP contribution is 2.41. The molecule has 1 aromatic heterocycles. The van der Waals surface area contributed by atoms with E-state index in [0.29, 0.717) is 18.9 Å². The highest BCUT2D eigenvalue weighted by atomic mass is 16.2. The van der Waals surface area contributed by atoms with Crippen LogP contribution >= 0.6 is 0 Å². The lowest BCUT2D eigenvalue weighted by Crippen LogP contribution is -2.52. The fourth-order valence-corrected chi connectivity index (χ4v) is 4.98. The smallest absolute Gasteiger partial charge is 0.230 e. The number of likely N-dealkylation sites (tertiary alicyclic amines) is 2. The number of rotatable bonds is 6. The number of hydrogen-bond donors (Lipinski definition) is 0. The molecule has 148 valence electrons. The molecule has 6 nitrogen and oxygen atoms in total. The van der Waals surface area contributed by atoms with Gasteiger partial charge in [0.05, 0.1) is 5.41 Å². The Labute approximate surface area is 161 Å². The van der Waals surface area contributed by atoms with Crippen molar-refractivity contribution in [2.45, 2.75) is 64.8 Å². The summed E-state index contributed by atoms with van der Waals surface area (Å²) in [6.45, 7) is 6.04. The highest BCUT2D eigenvalue weighted by Gasteiger charge is 2.49. The molecule has 0 N–H and O–H groups in total. The van der Waals surface area contributed by atoms with E-state index in [2.05, 4.69) is 14.5 Å². The molecule has 0 bridgehead atoms. The topological polar surface area (TPSA) is 58.4 Å². The molecule has 0 aromatic carbocycles. The molecule has 3 heterocycles. The van der Waals surface area contributed by atoms with Crippen LogP contribution in [-0.2, 0) is 16.1 Å². The lowest BCUT2D eigenvalue weighted by molar-refractivity contribution is -0.147. The normalized spacial score (nSPS) is 26.0. The van der Waals surface area contributed by atoms with E-state index in [-0.39, 0.29) is 11.3 Å². The molecule has 3 aliphatic rings. The minimum absolute atomic E-state index is 0.202. The van der Waals surface area contributed by atoms with E-state index in [0.717, 1.165) is 63.6 Å². The lowest BCUT2D eigenvalue weighted by atomic mass is 9.77. The first kappa shape index (κ1) is 18.5. The molecule has 2 amide bonds. The fourth-order valence-electron chi connectivity index (χ4n) is 4.98. The van der Waals surface area contributed by atoms with Crippen molar-refractivity contribution in [2.75, 3.05) is 26.2 Å². The molecule has 0 radical (unpaired) electrons. The molecule has 0 unspecified atom stereocenters. The molecule has 1 spiro atoms. The quantitative estimate of drug-likeness (QED) is 0.771. The number of carbonyl (C=O) groups is 2. The molecule has 1 aliphatic carbocycles. The van der Waals surface area contributed by atoms with Crippen molar-refractivity contribution in [2.24, 2.45) is 11.3 Å². The molecule has 1 saturated carbocycles. The lowest BCUT2D eigenvalue weighted by Gasteiger charge is -2.42. The second-order valence-corrected chi connectivity index (χ2v) is 8.77. The Hall–Kier alpha value is -1.85. The monoisotopic (exact) mass is 372 g/mol. The molecule has 1 aromatic rings. The molecule has 4 rings (SSSR count). The molecule has 2 aliphatic heterocycles. The Morgan fingerprint density at radius 3 is 2.81 bits per heavy atom. The van der Waals surface area contributed by atoms with E-state index in [4.69, 9.17) is 0 Å². The summed E-state index contributed by atoms with van der Waals surface area (Å²) in [6.07, 6.45) is 11.9. The number of aryl methyl sites for hydroxylation is 2. The number of aromatic nitrogens is 2. The van der Waals surface area contributed by atoms with Crippen LogP contribution in [-0.4, -0.2) is 57.3 Å². The Kier molecular flexibility index (Phi) is 5.24. The van der Waals surface area contributed by atoms with Gasteiger partial charge in [0, 0.05) is 51.5 Å². The van der Waals surface area contributed by atoms with Crippen LogP contribution in [0.25, 0.3) is 0 Å². The molecule has 2 saturated heterocycles. The van der Waals surface area contributed by atoms with Gasteiger partial charge in [-0.15, -0.1) is 0 Å². The van der Waals surface area contributed by atoms with Gasteiger partial charge in [-0.05, 0) is 51.4 Å². The van der Waals surface area contributed by atoms with E-state index in [1.165, 1.54) is 19.3 Å². The van der Waals surface area contributed by atoms with Gasteiger partial charge in [0.1, 0.15) is 5.82 Å². The zero-order chi connectivity index (χ0) is 18.9. The first-order valence-electron chi connectivity index (χ1n) is 10.6. The number of piperidine rings is 1. The summed E-state index contributed by atoms with van der Waals surface area (Å²) < 4.78 is 2.09. The molecular formula is C21H32N4O2. The summed E-state index contributed by atoms with van der Waals surface area (Å²) in [5.74, 6) is 2.23. The Morgan fingerprint density at radius 2 is 2.11 bits per heavy atom. The summed E-state index contributed by atoms with van der Waals surface area (Å²) in [5, 5.41) is 0. The zero-order valence-electron chi connectivity index (χ0n) is 16.5.